The number of H-pyrrole nitrogens is 2. The van der Waals surface area contributed by atoms with E-state index in [1.54, 1.807) is 14.1 Å². The van der Waals surface area contributed by atoms with Gasteiger partial charge in [0.05, 0.1) is 22.2 Å². The Hall–Kier alpha value is -3.02. The Bertz CT molecular complexity index is 1010. The highest BCUT2D eigenvalue weighted by atomic mass is 16.3. The molecule has 2 N–H and O–H groups in total. The van der Waals surface area contributed by atoms with Gasteiger partial charge in [-0.15, -0.1) is 0 Å². The molecule has 0 amide bonds. The van der Waals surface area contributed by atoms with Crippen LogP contribution in [-0.4, -0.2) is 35.5 Å². The zero-order chi connectivity index (χ0) is 14.8. The summed E-state index contributed by atoms with van der Waals surface area (Å²) in [5.41, 5.74) is 6.80. The first-order valence-electron chi connectivity index (χ1n) is 6.98. The number of nitrogens with one attached hydrogen (secondary N) is 2. The van der Waals surface area contributed by atoms with Crippen LogP contribution in [0.5, 0.6) is 0 Å². The maximum atomic E-state index is 6.02. The lowest BCUT2D eigenvalue weighted by atomic mass is 9.92. The molecule has 6 heteroatoms. The lowest BCUT2D eigenvalue weighted by Crippen LogP contribution is -2.19. The van der Waals surface area contributed by atoms with Gasteiger partial charge in [0.1, 0.15) is 11.4 Å². The van der Waals surface area contributed by atoms with Gasteiger partial charge in [-0.2, -0.15) is 0 Å². The van der Waals surface area contributed by atoms with Crippen LogP contribution in [0.2, 0.25) is 0 Å². The van der Waals surface area contributed by atoms with Gasteiger partial charge in [-0.05, 0) is 12.1 Å². The lowest BCUT2D eigenvalue weighted by Gasteiger charge is -2.14. The average Bonchev–Trinajstić information content (AvgIpc) is 3.24. The van der Waals surface area contributed by atoms with Gasteiger partial charge in [-0.1, -0.05) is 0 Å². The molecule has 0 aromatic carbocycles. The predicted octanol–water partition coefficient (Wildman–Crippen LogP) is 3.08. The van der Waals surface area contributed by atoms with E-state index >= 15 is 0 Å². The first-order valence-corrected chi connectivity index (χ1v) is 6.98. The fourth-order valence-electron chi connectivity index (χ4n) is 3.26. The Balaban J connectivity index is 1.99. The summed E-state index contributed by atoms with van der Waals surface area (Å²) in [4.78, 5) is 15.3. The molecular formula is C16H12N4O2. The summed E-state index contributed by atoms with van der Waals surface area (Å²) in [6.07, 6.45) is 3.71. The van der Waals surface area contributed by atoms with Gasteiger partial charge < -0.3 is 18.8 Å². The van der Waals surface area contributed by atoms with Crippen molar-refractivity contribution in [2.75, 3.05) is 14.1 Å². The number of nitrogens with zero attached hydrogens (tertiary/aromatic N) is 2. The molecule has 0 saturated carbocycles. The van der Waals surface area contributed by atoms with Crippen LogP contribution in [-0.2, 0) is 0 Å². The van der Waals surface area contributed by atoms with E-state index in [2.05, 4.69) is 20.0 Å². The largest absolute Gasteiger partial charge is 0.452 e. The molecule has 1 aliphatic carbocycles. The van der Waals surface area contributed by atoms with Crippen molar-refractivity contribution in [3.63, 3.8) is 0 Å². The van der Waals surface area contributed by atoms with E-state index in [0.29, 0.717) is 0 Å². The van der Waals surface area contributed by atoms with Crippen LogP contribution in [0, 0.1) is 0 Å². The molecule has 0 unspecified atom stereocenters. The summed E-state index contributed by atoms with van der Waals surface area (Å²) in [7, 11) is 3.52. The van der Waals surface area contributed by atoms with E-state index in [1.807, 2.05) is 24.5 Å². The second-order valence-corrected chi connectivity index (χ2v) is 5.19. The highest BCUT2D eigenvalue weighted by Gasteiger charge is 2.37. The molecule has 0 spiro atoms. The van der Waals surface area contributed by atoms with Crippen LogP contribution in [0.15, 0.2) is 43.3 Å². The molecule has 22 heavy (non-hydrogen) atoms. The van der Waals surface area contributed by atoms with Crippen LogP contribution in [0.1, 0.15) is 22.6 Å². The van der Waals surface area contributed by atoms with E-state index in [4.69, 9.17) is 8.83 Å². The minimum atomic E-state index is 0.731. The maximum Gasteiger partial charge on any atom is 0.165 e. The topological polar surface area (TPSA) is 82.6 Å². The minimum Gasteiger partial charge on any atom is -0.452 e. The van der Waals surface area contributed by atoms with Crippen molar-refractivity contribution in [2.24, 2.45) is 9.98 Å². The van der Waals surface area contributed by atoms with Crippen molar-refractivity contribution in [3.05, 3.63) is 47.2 Å². The summed E-state index contributed by atoms with van der Waals surface area (Å²) in [6, 6.07) is 3.81. The first kappa shape index (κ1) is 11.6. The van der Waals surface area contributed by atoms with Gasteiger partial charge in [-0.25, -0.2) is 0 Å². The van der Waals surface area contributed by atoms with Crippen molar-refractivity contribution in [3.8, 4) is 0 Å². The van der Waals surface area contributed by atoms with Crippen LogP contribution < -0.4 is 0 Å². The Labute approximate surface area is 124 Å². The van der Waals surface area contributed by atoms with Crippen LogP contribution in [0.3, 0.4) is 0 Å². The number of hydrogen-bond donors (Lipinski definition) is 2. The predicted molar refractivity (Wildman–Crippen MR) is 84.3 cm³/mol. The third kappa shape index (κ3) is 1.17. The summed E-state index contributed by atoms with van der Waals surface area (Å²) in [5, 5.41) is 0. The minimum absolute atomic E-state index is 0.731. The van der Waals surface area contributed by atoms with Gasteiger partial charge in [0.2, 0.25) is 0 Å². The lowest BCUT2D eigenvalue weighted by molar-refractivity contribution is 0.591. The molecule has 0 saturated heterocycles. The fourth-order valence-corrected chi connectivity index (χ4v) is 3.26. The standard InChI is InChI=1S/C16H12N4O2/c1-17-13-9-11-7(3-5-19-11)22-16(9)14(18-2)10-12-8(4-6-20-12)21-15(10)13/h3-6,19-20H,1-2H3. The van der Waals surface area contributed by atoms with Gasteiger partial charge in [-0.3, -0.25) is 9.98 Å². The SMILES string of the molecule is CN=C1c2oc3cc[nH]c3c2C(=NC)c2oc3cc[nH]c3c21. The van der Waals surface area contributed by atoms with Gasteiger partial charge in [0, 0.05) is 26.5 Å². The van der Waals surface area contributed by atoms with E-state index in [-0.39, 0.29) is 0 Å². The van der Waals surface area contributed by atoms with Crippen molar-refractivity contribution in [2.45, 2.75) is 0 Å². The highest BCUT2D eigenvalue weighted by Crippen LogP contribution is 2.39. The van der Waals surface area contributed by atoms with E-state index < -0.39 is 0 Å². The van der Waals surface area contributed by atoms with Crippen molar-refractivity contribution in [1.29, 1.82) is 0 Å². The Morgan fingerprint density at radius 1 is 0.773 bits per heavy atom. The van der Waals surface area contributed by atoms with Crippen LogP contribution >= 0.6 is 0 Å². The first-order chi connectivity index (χ1) is 10.8. The molecule has 4 aromatic heterocycles. The molecule has 4 heterocycles. The number of aliphatic imine (C=N–C) groups is 2. The Morgan fingerprint density at radius 2 is 1.23 bits per heavy atom. The van der Waals surface area contributed by atoms with E-state index in [1.165, 1.54) is 0 Å². The average molecular weight is 292 g/mol. The summed E-state index contributed by atoms with van der Waals surface area (Å²) in [6.45, 7) is 0. The Kier molecular flexibility index (Phi) is 2.00. The zero-order valence-electron chi connectivity index (χ0n) is 12.0. The Morgan fingerprint density at radius 3 is 1.64 bits per heavy atom. The van der Waals surface area contributed by atoms with Crippen molar-refractivity contribution >= 4 is 33.6 Å². The molecular weight excluding hydrogens is 280 g/mol. The molecule has 0 aliphatic heterocycles. The molecule has 0 radical (unpaired) electrons. The molecule has 108 valence electrons. The number of rotatable bonds is 0. The highest BCUT2D eigenvalue weighted by molar-refractivity contribution is 6.35. The zero-order valence-corrected chi connectivity index (χ0v) is 12.0. The third-order valence-corrected chi connectivity index (χ3v) is 4.15. The smallest absolute Gasteiger partial charge is 0.165 e. The van der Waals surface area contributed by atoms with Crippen molar-refractivity contribution in [1.82, 2.24) is 9.97 Å². The second kappa shape index (κ2) is 3.79. The van der Waals surface area contributed by atoms with E-state index in [9.17, 15) is 0 Å². The van der Waals surface area contributed by atoms with Gasteiger partial charge >= 0.3 is 0 Å². The fraction of sp³-hybridized carbons (Fsp3) is 0.125. The third-order valence-electron chi connectivity index (χ3n) is 4.15. The van der Waals surface area contributed by atoms with Crippen molar-refractivity contribution < 1.29 is 8.83 Å². The number of aromatic nitrogens is 2. The summed E-state index contributed by atoms with van der Waals surface area (Å²) < 4.78 is 12.0. The van der Waals surface area contributed by atoms with Gasteiger partial charge in [0.15, 0.2) is 22.7 Å². The normalized spacial score (nSPS) is 17.7. The van der Waals surface area contributed by atoms with Crippen LogP contribution in [0.25, 0.3) is 22.2 Å². The quantitative estimate of drug-likeness (QED) is 0.460. The molecule has 0 atom stereocenters. The monoisotopic (exact) mass is 292 g/mol. The second-order valence-electron chi connectivity index (χ2n) is 5.19. The molecule has 0 fully saturated rings. The van der Waals surface area contributed by atoms with Gasteiger partial charge in [0.25, 0.3) is 0 Å². The number of fused-ring (bicyclic) bond motifs is 6. The summed E-state index contributed by atoms with van der Waals surface area (Å²) in [5.74, 6) is 1.46. The molecule has 4 aromatic rings. The van der Waals surface area contributed by atoms with E-state index in [0.717, 1.165) is 56.3 Å². The van der Waals surface area contributed by atoms with Crippen LogP contribution in [0.4, 0.5) is 0 Å². The number of aromatic amines is 2. The molecule has 5 rings (SSSR count). The molecule has 1 aliphatic rings. The molecule has 0 bridgehead atoms. The maximum absolute atomic E-state index is 6.02. The molecule has 6 nitrogen and oxygen atoms in total. The summed E-state index contributed by atoms with van der Waals surface area (Å²) >= 11 is 0. The number of hydrogen-bond acceptors (Lipinski definition) is 4. The number of furan rings is 2.